The lowest BCUT2D eigenvalue weighted by Gasteiger charge is -2.09. The summed E-state index contributed by atoms with van der Waals surface area (Å²) >= 11 is 0. The topological polar surface area (TPSA) is 55.6 Å². The second kappa shape index (κ2) is 4.59. The van der Waals surface area contributed by atoms with Crippen molar-refractivity contribution in [2.75, 3.05) is 12.4 Å². The third-order valence-electron chi connectivity index (χ3n) is 3.56. The minimum absolute atomic E-state index is 0.608. The zero-order chi connectivity index (χ0) is 14.3. The fourth-order valence-corrected chi connectivity index (χ4v) is 2.23. The number of aromatic nitrogens is 4. The van der Waals surface area contributed by atoms with Gasteiger partial charge in [0.2, 0.25) is 5.95 Å². The first-order valence-corrected chi connectivity index (χ1v) is 6.56. The fraction of sp³-hybridized carbons (Fsp3) is 0.267. The monoisotopic (exact) mass is 267 g/mol. The summed E-state index contributed by atoms with van der Waals surface area (Å²) < 4.78 is 2.01. The Hall–Kier alpha value is -2.43. The maximum atomic E-state index is 4.54. The van der Waals surface area contributed by atoms with E-state index in [1.165, 1.54) is 11.1 Å². The maximum Gasteiger partial charge on any atom is 0.224 e. The van der Waals surface area contributed by atoms with E-state index in [1.807, 2.05) is 31.1 Å². The van der Waals surface area contributed by atoms with Crippen molar-refractivity contribution in [3.05, 3.63) is 41.3 Å². The average Bonchev–Trinajstić information content (AvgIpc) is 2.83. The molecule has 0 radical (unpaired) electrons. The van der Waals surface area contributed by atoms with Crippen LogP contribution < -0.4 is 5.32 Å². The molecule has 3 rings (SSSR count). The van der Waals surface area contributed by atoms with Gasteiger partial charge in [-0.1, -0.05) is 0 Å². The van der Waals surface area contributed by atoms with Crippen LogP contribution in [-0.4, -0.2) is 26.6 Å². The van der Waals surface area contributed by atoms with Gasteiger partial charge < -0.3 is 5.32 Å². The van der Waals surface area contributed by atoms with Gasteiger partial charge in [-0.2, -0.15) is 4.98 Å². The molecule has 5 heteroatoms. The van der Waals surface area contributed by atoms with Crippen LogP contribution in [0.5, 0.6) is 0 Å². The van der Waals surface area contributed by atoms with E-state index in [9.17, 15) is 0 Å². The highest BCUT2D eigenvalue weighted by Gasteiger charge is 2.11. The number of imidazole rings is 1. The molecular weight excluding hydrogens is 250 g/mol. The van der Waals surface area contributed by atoms with Crippen LogP contribution in [0.4, 0.5) is 5.95 Å². The van der Waals surface area contributed by atoms with Gasteiger partial charge in [-0.05, 0) is 44.0 Å². The van der Waals surface area contributed by atoms with Gasteiger partial charge in [0.1, 0.15) is 12.1 Å². The highest BCUT2D eigenvalue weighted by atomic mass is 15.2. The van der Waals surface area contributed by atoms with Crippen molar-refractivity contribution in [2.45, 2.75) is 20.8 Å². The quantitative estimate of drug-likeness (QED) is 0.775. The van der Waals surface area contributed by atoms with Gasteiger partial charge in [-0.25, -0.2) is 9.97 Å². The van der Waals surface area contributed by atoms with E-state index in [-0.39, 0.29) is 0 Å². The van der Waals surface area contributed by atoms with Gasteiger partial charge in [-0.3, -0.25) is 4.57 Å². The Morgan fingerprint density at radius 3 is 2.50 bits per heavy atom. The highest BCUT2D eigenvalue weighted by Crippen LogP contribution is 2.22. The van der Waals surface area contributed by atoms with Gasteiger partial charge in [0.05, 0.1) is 11.0 Å². The number of fused-ring (bicyclic) bond motifs is 1. The molecule has 0 aliphatic carbocycles. The van der Waals surface area contributed by atoms with Crippen LogP contribution in [0.15, 0.2) is 24.7 Å². The predicted octanol–water partition coefficient (Wildman–Crippen LogP) is 2.78. The van der Waals surface area contributed by atoms with Crippen LogP contribution in [-0.2, 0) is 0 Å². The van der Waals surface area contributed by atoms with E-state index in [4.69, 9.17) is 0 Å². The zero-order valence-corrected chi connectivity index (χ0v) is 12.1. The molecule has 102 valence electrons. The van der Waals surface area contributed by atoms with Crippen LogP contribution in [0.3, 0.4) is 0 Å². The van der Waals surface area contributed by atoms with Crippen molar-refractivity contribution in [3.8, 4) is 5.82 Å². The molecule has 20 heavy (non-hydrogen) atoms. The van der Waals surface area contributed by atoms with E-state index in [0.29, 0.717) is 5.95 Å². The molecular formula is C15H17N5. The minimum atomic E-state index is 0.608. The maximum absolute atomic E-state index is 4.54. The minimum Gasteiger partial charge on any atom is -0.357 e. The summed E-state index contributed by atoms with van der Waals surface area (Å²) in [5, 5.41) is 2.97. The lowest BCUT2D eigenvalue weighted by molar-refractivity contribution is 0.973. The molecule has 0 aliphatic rings. The molecule has 1 N–H and O–H groups in total. The summed E-state index contributed by atoms with van der Waals surface area (Å²) in [5.41, 5.74) is 5.56. The highest BCUT2D eigenvalue weighted by molar-refractivity contribution is 5.79. The molecule has 0 amide bonds. The van der Waals surface area contributed by atoms with Crippen molar-refractivity contribution < 1.29 is 0 Å². The molecule has 0 saturated carbocycles. The van der Waals surface area contributed by atoms with Crippen LogP contribution >= 0.6 is 0 Å². The van der Waals surface area contributed by atoms with Crippen LogP contribution in [0.2, 0.25) is 0 Å². The van der Waals surface area contributed by atoms with Crippen molar-refractivity contribution in [3.63, 3.8) is 0 Å². The van der Waals surface area contributed by atoms with Crippen molar-refractivity contribution in [1.29, 1.82) is 0 Å². The normalized spacial score (nSPS) is 11.0. The standard InChI is InChI=1S/C15H17N5/c1-9-5-12-13(6-10(9)2)20(8-18-12)14-11(3)7-17-15(16-4)19-14/h5-8H,1-4H3,(H,16,17,19). The molecule has 0 atom stereocenters. The van der Waals surface area contributed by atoms with E-state index in [2.05, 4.69) is 46.2 Å². The second-order valence-corrected chi connectivity index (χ2v) is 4.99. The van der Waals surface area contributed by atoms with E-state index >= 15 is 0 Å². The number of hydrogen-bond donors (Lipinski definition) is 1. The van der Waals surface area contributed by atoms with Gasteiger partial charge in [0, 0.05) is 18.8 Å². The Bertz CT molecular complexity index is 788. The summed E-state index contributed by atoms with van der Waals surface area (Å²) in [4.78, 5) is 13.2. The van der Waals surface area contributed by atoms with Crippen molar-refractivity contribution in [2.24, 2.45) is 0 Å². The third-order valence-corrected chi connectivity index (χ3v) is 3.56. The second-order valence-electron chi connectivity index (χ2n) is 4.99. The van der Waals surface area contributed by atoms with Gasteiger partial charge >= 0.3 is 0 Å². The van der Waals surface area contributed by atoms with E-state index in [1.54, 1.807) is 0 Å². The molecule has 2 heterocycles. The van der Waals surface area contributed by atoms with E-state index < -0.39 is 0 Å². The number of benzene rings is 1. The number of nitrogens with one attached hydrogen (secondary N) is 1. The Balaban J connectivity index is 2.27. The first kappa shape index (κ1) is 12.6. The Labute approximate surface area is 117 Å². The molecule has 0 aliphatic heterocycles. The first-order chi connectivity index (χ1) is 9.60. The average molecular weight is 267 g/mol. The first-order valence-electron chi connectivity index (χ1n) is 6.56. The van der Waals surface area contributed by atoms with Gasteiger partial charge in [-0.15, -0.1) is 0 Å². The molecule has 5 nitrogen and oxygen atoms in total. The van der Waals surface area contributed by atoms with Gasteiger partial charge in [0.15, 0.2) is 0 Å². The van der Waals surface area contributed by atoms with Crippen LogP contribution in [0, 0.1) is 20.8 Å². The molecule has 0 spiro atoms. The Kier molecular flexibility index (Phi) is 2.89. The van der Waals surface area contributed by atoms with Crippen LogP contribution in [0.25, 0.3) is 16.9 Å². The third kappa shape index (κ3) is 1.91. The molecule has 0 saturated heterocycles. The SMILES string of the molecule is CNc1ncc(C)c(-n2cnc3cc(C)c(C)cc32)n1. The largest absolute Gasteiger partial charge is 0.357 e. The zero-order valence-electron chi connectivity index (χ0n) is 12.1. The van der Waals surface area contributed by atoms with Crippen molar-refractivity contribution in [1.82, 2.24) is 19.5 Å². The number of rotatable bonds is 2. The fourth-order valence-electron chi connectivity index (χ4n) is 2.23. The molecule has 2 aromatic heterocycles. The Morgan fingerprint density at radius 2 is 1.75 bits per heavy atom. The van der Waals surface area contributed by atoms with Crippen molar-refractivity contribution >= 4 is 17.0 Å². The summed E-state index contributed by atoms with van der Waals surface area (Å²) in [6.45, 7) is 6.21. The van der Waals surface area contributed by atoms with Gasteiger partial charge in [0.25, 0.3) is 0 Å². The molecule has 0 unspecified atom stereocenters. The summed E-state index contributed by atoms with van der Waals surface area (Å²) in [7, 11) is 1.81. The Morgan fingerprint density at radius 1 is 1.00 bits per heavy atom. The molecule has 0 fully saturated rings. The van der Waals surface area contributed by atoms with E-state index in [0.717, 1.165) is 22.4 Å². The number of hydrogen-bond acceptors (Lipinski definition) is 4. The molecule has 3 aromatic rings. The number of nitrogens with zero attached hydrogens (tertiary/aromatic N) is 4. The van der Waals surface area contributed by atoms with Crippen LogP contribution in [0.1, 0.15) is 16.7 Å². The summed E-state index contributed by atoms with van der Waals surface area (Å²) in [6.07, 6.45) is 3.64. The number of aryl methyl sites for hydroxylation is 3. The summed E-state index contributed by atoms with van der Waals surface area (Å²) in [5.74, 6) is 1.46. The summed E-state index contributed by atoms with van der Waals surface area (Å²) in [6, 6.07) is 4.26. The smallest absolute Gasteiger partial charge is 0.224 e. The predicted molar refractivity (Wildman–Crippen MR) is 80.4 cm³/mol. The molecule has 1 aromatic carbocycles. The lowest BCUT2D eigenvalue weighted by Crippen LogP contribution is -2.04. The number of anilines is 1. The lowest BCUT2D eigenvalue weighted by atomic mass is 10.1. The molecule has 0 bridgehead atoms.